The molecule has 1 aliphatic carbocycles. The third kappa shape index (κ3) is 2.87. The maximum Gasteiger partial charge on any atom is 0.315 e. The second-order valence-electron chi connectivity index (χ2n) is 4.81. The Kier molecular flexibility index (Phi) is 3.83. The van der Waals surface area contributed by atoms with Gasteiger partial charge in [-0.1, -0.05) is 25.1 Å². The van der Waals surface area contributed by atoms with Gasteiger partial charge >= 0.3 is 6.03 Å². The standard InChI is InChI=1S/C11H19N3O2S/c12-9(17)11(4-1-2-5-11)14-10(15)13-8-3-6-16-7-8/h8H,1-7H2,(H2,12,17)(H2,13,14,15). The van der Waals surface area contributed by atoms with E-state index in [1.807, 2.05) is 0 Å². The molecule has 5 nitrogen and oxygen atoms in total. The van der Waals surface area contributed by atoms with Gasteiger partial charge in [0.1, 0.15) is 0 Å². The zero-order chi connectivity index (χ0) is 12.3. The average Bonchev–Trinajstić information content (AvgIpc) is 2.89. The van der Waals surface area contributed by atoms with Gasteiger partial charge in [-0.15, -0.1) is 0 Å². The van der Waals surface area contributed by atoms with Gasteiger partial charge in [-0.2, -0.15) is 0 Å². The molecule has 6 heteroatoms. The fourth-order valence-corrected chi connectivity index (χ4v) is 2.75. The summed E-state index contributed by atoms with van der Waals surface area (Å²) in [6, 6.07) is -0.0741. The molecule has 2 fully saturated rings. The van der Waals surface area contributed by atoms with Gasteiger partial charge in [-0.3, -0.25) is 0 Å². The predicted octanol–water partition coefficient (Wildman–Crippen LogP) is 0.673. The minimum atomic E-state index is -0.473. The maximum atomic E-state index is 11.9. The summed E-state index contributed by atoms with van der Waals surface area (Å²) in [5.74, 6) is 0. The van der Waals surface area contributed by atoms with Crippen LogP contribution in [0.15, 0.2) is 0 Å². The van der Waals surface area contributed by atoms with Crippen LogP contribution >= 0.6 is 12.2 Å². The van der Waals surface area contributed by atoms with E-state index in [0.717, 1.165) is 32.1 Å². The maximum absolute atomic E-state index is 11.9. The summed E-state index contributed by atoms with van der Waals surface area (Å²) in [5, 5.41) is 5.84. The Bertz CT molecular complexity index is 310. The highest BCUT2D eigenvalue weighted by Crippen LogP contribution is 2.29. The zero-order valence-corrected chi connectivity index (χ0v) is 10.6. The molecular formula is C11H19N3O2S. The van der Waals surface area contributed by atoms with Crippen LogP contribution in [0, 0.1) is 0 Å². The van der Waals surface area contributed by atoms with Crippen molar-refractivity contribution < 1.29 is 9.53 Å². The van der Waals surface area contributed by atoms with E-state index in [-0.39, 0.29) is 12.1 Å². The average molecular weight is 257 g/mol. The van der Waals surface area contributed by atoms with Gasteiger partial charge in [-0.05, 0) is 19.3 Å². The lowest BCUT2D eigenvalue weighted by Crippen LogP contribution is -2.58. The third-order valence-corrected chi connectivity index (χ3v) is 3.94. The first kappa shape index (κ1) is 12.6. The highest BCUT2D eigenvalue weighted by atomic mass is 32.1. The quantitative estimate of drug-likeness (QED) is 0.650. The molecule has 2 amide bonds. The molecule has 0 aromatic heterocycles. The second kappa shape index (κ2) is 5.18. The number of nitrogens with one attached hydrogen (secondary N) is 2. The number of thiocarbonyl (C=S) groups is 1. The lowest BCUT2D eigenvalue weighted by Gasteiger charge is -2.29. The first-order chi connectivity index (χ1) is 8.12. The van der Waals surface area contributed by atoms with Crippen LogP contribution in [0.2, 0.25) is 0 Å². The predicted molar refractivity (Wildman–Crippen MR) is 68.9 cm³/mol. The van der Waals surface area contributed by atoms with Crippen molar-refractivity contribution in [3.8, 4) is 0 Å². The van der Waals surface area contributed by atoms with Crippen LogP contribution in [-0.4, -0.2) is 35.8 Å². The molecule has 1 saturated carbocycles. The normalized spacial score (nSPS) is 26.7. The van der Waals surface area contributed by atoms with E-state index in [1.165, 1.54) is 0 Å². The molecule has 96 valence electrons. The largest absolute Gasteiger partial charge is 0.391 e. The number of carbonyl (C=O) groups is 1. The lowest BCUT2D eigenvalue weighted by atomic mass is 9.98. The number of hydrogen-bond donors (Lipinski definition) is 3. The molecule has 1 aliphatic heterocycles. The molecule has 1 unspecified atom stereocenters. The van der Waals surface area contributed by atoms with Gasteiger partial charge in [-0.25, -0.2) is 4.79 Å². The van der Waals surface area contributed by atoms with Gasteiger partial charge in [0, 0.05) is 6.61 Å². The molecule has 1 saturated heterocycles. The Morgan fingerprint density at radius 2 is 2.12 bits per heavy atom. The Balaban J connectivity index is 1.89. The molecule has 0 aromatic carbocycles. The number of urea groups is 1. The van der Waals surface area contributed by atoms with E-state index in [2.05, 4.69) is 10.6 Å². The summed E-state index contributed by atoms with van der Waals surface area (Å²) in [5.41, 5.74) is 5.28. The van der Waals surface area contributed by atoms with Crippen LogP contribution < -0.4 is 16.4 Å². The van der Waals surface area contributed by atoms with Crippen molar-refractivity contribution in [3.05, 3.63) is 0 Å². The van der Waals surface area contributed by atoms with E-state index >= 15 is 0 Å². The highest BCUT2D eigenvalue weighted by Gasteiger charge is 2.38. The zero-order valence-electron chi connectivity index (χ0n) is 9.83. The Labute approximate surface area is 106 Å². The summed E-state index contributed by atoms with van der Waals surface area (Å²) in [6.45, 7) is 1.30. The van der Waals surface area contributed by atoms with Gasteiger partial charge in [0.2, 0.25) is 0 Å². The summed E-state index contributed by atoms with van der Waals surface area (Å²) in [7, 11) is 0. The fourth-order valence-electron chi connectivity index (χ4n) is 2.50. The number of carbonyl (C=O) groups excluding carboxylic acids is 1. The van der Waals surface area contributed by atoms with E-state index < -0.39 is 5.54 Å². The Morgan fingerprint density at radius 1 is 1.41 bits per heavy atom. The SMILES string of the molecule is NC(=S)C1(NC(=O)NC2CCOC2)CCCC1. The van der Waals surface area contributed by atoms with E-state index in [4.69, 9.17) is 22.7 Å². The number of hydrogen-bond acceptors (Lipinski definition) is 3. The molecule has 0 aromatic rings. The van der Waals surface area contributed by atoms with Gasteiger partial charge in [0.15, 0.2) is 0 Å². The van der Waals surface area contributed by atoms with E-state index in [1.54, 1.807) is 0 Å². The van der Waals surface area contributed by atoms with Crippen LogP contribution in [0.3, 0.4) is 0 Å². The van der Waals surface area contributed by atoms with Gasteiger partial charge in [0.05, 0.1) is 23.2 Å². The van der Waals surface area contributed by atoms with Crippen molar-refractivity contribution >= 4 is 23.2 Å². The summed E-state index contributed by atoms with van der Waals surface area (Å²) < 4.78 is 5.21. The fraction of sp³-hybridized carbons (Fsp3) is 0.818. The Hall–Kier alpha value is -0.880. The van der Waals surface area contributed by atoms with E-state index in [0.29, 0.717) is 18.2 Å². The topological polar surface area (TPSA) is 76.4 Å². The van der Waals surface area contributed by atoms with Gasteiger partial charge in [0.25, 0.3) is 0 Å². The van der Waals surface area contributed by atoms with Crippen LogP contribution in [-0.2, 0) is 4.74 Å². The molecule has 4 N–H and O–H groups in total. The summed E-state index contributed by atoms with van der Waals surface area (Å²) in [6.07, 6.45) is 4.68. The van der Waals surface area contributed by atoms with Crippen molar-refractivity contribution in [2.24, 2.45) is 5.73 Å². The lowest BCUT2D eigenvalue weighted by molar-refractivity contribution is 0.187. The molecule has 0 bridgehead atoms. The highest BCUT2D eigenvalue weighted by molar-refractivity contribution is 7.80. The monoisotopic (exact) mass is 257 g/mol. The molecule has 17 heavy (non-hydrogen) atoms. The first-order valence-electron chi connectivity index (χ1n) is 6.09. The van der Waals surface area contributed by atoms with Crippen LogP contribution in [0.1, 0.15) is 32.1 Å². The molecule has 0 spiro atoms. The summed E-state index contributed by atoms with van der Waals surface area (Å²) >= 11 is 5.08. The Morgan fingerprint density at radius 3 is 2.65 bits per heavy atom. The molecule has 1 atom stereocenters. The number of ether oxygens (including phenoxy) is 1. The minimum absolute atomic E-state index is 0.111. The smallest absolute Gasteiger partial charge is 0.315 e. The van der Waals surface area contributed by atoms with E-state index in [9.17, 15) is 4.79 Å². The van der Waals surface area contributed by atoms with Crippen molar-refractivity contribution in [2.75, 3.05) is 13.2 Å². The number of nitrogens with two attached hydrogens (primary N) is 1. The van der Waals surface area contributed by atoms with Crippen molar-refractivity contribution in [2.45, 2.75) is 43.7 Å². The molecule has 0 radical (unpaired) electrons. The summed E-state index contributed by atoms with van der Waals surface area (Å²) in [4.78, 5) is 12.3. The van der Waals surface area contributed by atoms with Crippen molar-refractivity contribution in [1.29, 1.82) is 0 Å². The number of rotatable bonds is 3. The molecule has 2 rings (SSSR count). The van der Waals surface area contributed by atoms with Crippen LogP contribution in [0.5, 0.6) is 0 Å². The third-order valence-electron chi connectivity index (χ3n) is 3.55. The molecular weight excluding hydrogens is 238 g/mol. The first-order valence-corrected chi connectivity index (χ1v) is 6.49. The van der Waals surface area contributed by atoms with Crippen molar-refractivity contribution in [1.82, 2.24) is 10.6 Å². The van der Waals surface area contributed by atoms with Crippen molar-refractivity contribution in [3.63, 3.8) is 0 Å². The molecule has 1 heterocycles. The van der Waals surface area contributed by atoms with Gasteiger partial charge < -0.3 is 21.1 Å². The second-order valence-corrected chi connectivity index (χ2v) is 5.25. The minimum Gasteiger partial charge on any atom is -0.391 e. The molecule has 2 aliphatic rings. The number of amides is 2. The van der Waals surface area contributed by atoms with Crippen LogP contribution in [0.25, 0.3) is 0 Å². The van der Waals surface area contributed by atoms with Crippen LogP contribution in [0.4, 0.5) is 4.79 Å².